The average molecular weight is 332 g/mol. The van der Waals surface area contributed by atoms with E-state index in [-0.39, 0.29) is 16.4 Å². The van der Waals surface area contributed by atoms with Crippen LogP contribution < -0.4 is 9.83 Å². The lowest BCUT2D eigenvalue weighted by Gasteiger charge is -2.14. The lowest BCUT2D eigenvalue weighted by atomic mass is 10.0. The van der Waals surface area contributed by atoms with Gasteiger partial charge in [-0.05, 0) is 47.7 Å². The molecule has 2 aromatic carbocycles. The predicted octanol–water partition coefficient (Wildman–Crippen LogP) is 2.28. The molecule has 122 valence electrons. The average Bonchev–Trinajstić information content (AvgIpc) is 2.47. The molecule has 5 nitrogen and oxygen atoms in total. The molecule has 6 heteroatoms. The van der Waals surface area contributed by atoms with Gasteiger partial charge in [0.15, 0.2) is 0 Å². The minimum atomic E-state index is -3.88. The molecule has 0 unspecified atom stereocenters. The van der Waals surface area contributed by atoms with Crippen molar-refractivity contribution in [2.45, 2.75) is 31.6 Å². The molecule has 0 heterocycles. The molecule has 1 N–H and O–H groups in total. The van der Waals surface area contributed by atoms with Crippen LogP contribution in [0.4, 0.5) is 5.69 Å². The van der Waals surface area contributed by atoms with Crippen molar-refractivity contribution in [3.05, 3.63) is 59.2 Å². The van der Waals surface area contributed by atoms with Crippen LogP contribution in [0.15, 0.2) is 47.4 Å². The Kier molecular flexibility index (Phi) is 4.75. The summed E-state index contributed by atoms with van der Waals surface area (Å²) in [6, 6.07) is 11.0. The Morgan fingerprint density at radius 2 is 1.83 bits per heavy atom. The number of sulfonamides is 1. The highest BCUT2D eigenvalue weighted by Gasteiger charge is 2.18. The van der Waals surface area contributed by atoms with Crippen LogP contribution in [0.3, 0.4) is 0 Å². The lowest BCUT2D eigenvalue weighted by Crippen LogP contribution is -2.23. The lowest BCUT2D eigenvalue weighted by molar-refractivity contribution is -0.255. The van der Waals surface area contributed by atoms with Gasteiger partial charge in [0, 0.05) is 5.69 Å². The quantitative estimate of drug-likeness (QED) is 0.910. The third kappa shape index (κ3) is 3.90. The van der Waals surface area contributed by atoms with E-state index in [2.05, 4.69) is 4.72 Å². The molecule has 0 radical (unpaired) electrons. The maximum absolute atomic E-state index is 12.6. The molecule has 0 saturated heterocycles. The number of carboxylic acids is 1. The number of hydrogen-bond acceptors (Lipinski definition) is 4. The number of carbonyl (C=O) groups excluding carboxylic acids is 1. The van der Waals surface area contributed by atoms with Crippen molar-refractivity contribution in [3.8, 4) is 0 Å². The molecule has 2 rings (SSSR count). The van der Waals surface area contributed by atoms with Crippen LogP contribution in [0.1, 0.15) is 41.3 Å². The predicted molar refractivity (Wildman–Crippen MR) is 86.8 cm³/mol. The fourth-order valence-corrected chi connectivity index (χ4v) is 3.51. The van der Waals surface area contributed by atoms with Crippen LogP contribution in [0, 0.1) is 6.92 Å². The number of hydrogen-bond donors (Lipinski definition) is 1. The maximum Gasteiger partial charge on any atom is 0.262 e. The number of nitrogens with one attached hydrogen (secondary N) is 1. The number of aryl methyl sites for hydroxylation is 1. The van der Waals surface area contributed by atoms with Gasteiger partial charge in [-0.3, -0.25) is 4.72 Å². The van der Waals surface area contributed by atoms with E-state index in [0.717, 1.165) is 11.6 Å². The molecule has 0 atom stereocenters. The number of benzene rings is 2. The molecule has 0 aliphatic carbocycles. The van der Waals surface area contributed by atoms with Crippen molar-refractivity contribution >= 4 is 21.7 Å². The summed E-state index contributed by atoms with van der Waals surface area (Å²) in [6.45, 7) is 5.64. The van der Waals surface area contributed by atoms with Crippen molar-refractivity contribution in [3.63, 3.8) is 0 Å². The molecular formula is C17H18NO4S-. The fourth-order valence-electron chi connectivity index (χ4n) is 2.19. The second-order valence-electron chi connectivity index (χ2n) is 5.65. The van der Waals surface area contributed by atoms with E-state index >= 15 is 0 Å². The van der Waals surface area contributed by atoms with E-state index in [1.807, 2.05) is 19.9 Å². The zero-order chi connectivity index (χ0) is 17.2. The van der Waals surface area contributed by atoms with Gasteiger partial charge in [0.1, 0.15) is 0 Å². The van der Waals surface area contributed by atoms with E-state index in [0.29, 0.717) is 11.3 Å². The Balaban J connectivity index is 2.41. The smallest absolute Gasteiger partial charge is 0.262 e. The van der Waals surface area contributed by atoms with E-state index in [1.165, 1.54) is 12.1 Å². The molecule has 0 spiro atoms. The minimum Gasteiger partial charge on any atom is -0.545 e. The van der Waals surface area contributed by atoms with Gasteiger partial charge >= 0.3 is 0 Å². The number of carbonyl (C=O) groups is 1. The fraction of sp³-hybridized carbons (Fsp3) is 0.235. The summed E-state index contributed by atoms with van der Waals surface area (Å²) in [7, 11) is -3.88. The first-order valence-electron chi connectivity index (χ1n) is 7.15. The third-order valence-electron chi connectivity index (χ3n) is 3.52. The summed E-state index contributed by atoms with van der Waals surface area (Å²) >= 11 is 0. The number of rotatable bonds is 5. The summed E-state index contributed by atoms with van der Waals surface area (Å²) in [5.74, 6) is -1.15. The Morgan fingerprint density at radius 3 is 2.43 bits per heavy atom. The van der Waals surface area contributed by atoms with Crippen LogP contribution in [-0.4, -0.2) is 14.4 Å². The van der Waals surface area contributed by atoms with Crippen molar-refractivity contribution in [1.82, 2.24) is 0 Å². The first-order valence-corrected chi connectivity index (χ1v) is 8.64. The highest BCUT2D eigenvalue weighted by Crippen LogP contribution is 2.23. The van der Waals surface area contributed by atoms with Crippen molar-refractivity contribution in [2.24, 2.45) is 0 Å². The SMILES string of the molecule is Cc1ccc(C(=O)[O-])cc1S(=O)(=O)Nc1cccc(C(C)C)c1. The van der Waals surface area contributed by atoms with Gasteiger partial charge in [-0.25, -0.2) is 8.42 Å². The van der Waals surface area contributed by atoms with Gasteiger partial charge in [-0.2, -0.15) is 0 Å². The standard InChI is InChI=1S/C17H19NO4S/c1-11(2)13-5-4-6-15(9-13)18-23(21,22)16-10-14(17(19)20)8-7-12(16)3/h4-11,18H,1-3H3,(H,19,20)/p-1. The summed E-state index contributed by atoms with van der Waals surface area (Å²) in [5, 5.41) is 10.9. The monoisotopic (exact) mass is 332 g/mol. The van der Waals surface area contributed by atoms with Crippen molar-refractivity contribution in [1.29, 1.82) is 0 Å². The Morgan fingerprint density at radius 1 is 1.13 bits per heavy atom. The maximum atomic E-state index is 12.6. The highest BCUT2D eigenvalue weighted by molar-refractivity contribution is 7.92. The molecule has 0 aromatic heterocycles. The number of carboxylic acid groups (broad SMARTS) is 1. The molecule has 2 aromatic rings. The largest absolute Gasteiger partial charge is 0.545 e. The van der Waals surface area contributed by atoms with Crippen LogP contribution in [-0.2, 0) is 10.0 Å². The molecule has 0 amide bonds. The Labute approximate surface area is 136 Å². The third-order valence-corrected chi connectivity index (χ3v) is 5.04. The van der Waals surface area contributed by atoms with Gasteiger partial charge in [0.25, 0.3) is 10.0 Å². The first kappa shape index (κ1) is 17.0. The summed E-state index contributed by atoms with van der Waals surface area (Å²) in [6.07, 6.45) is 0. The number of aromatic carboxylic acids is 1. The summed E-state index contributed by atoms with van der Waals surface area (Å²) < 4.78 is 27.6. The molecule has 0 aliphatic heterocycles. The Bertz CT molecular complexity index is 841. The van der Waals surface area contributed by atoms with Crippen LogP contribution >= 0.6 is 0 Å². The van der Waals surface area contributed by atoms with Gasteiger partial charge in [-0.15, -0.1) is 0 Å². The molecular weight excluding hydrogens is 314 g/mol. The van der Waals surface area contributed by atoms with E-state index < -0.39 is 16.0 Å². The zero-order valence-electron chi connectivity index (χ0n) is 13.2. The second kappa shape index (κ2) is 6.42. The molecule has 23 heavy (non-hydrogen) atoms. The summed E-state index contributed by atoms with van der Waals surface area (Å²) in [5.41, 5.74) is 1.73. The molecule has 0 bridgehead atoms. The van der Waals surface area contributed by atoms with Gasteiger partial charge in [0.05, 0.1) is 10.9 Å². The number of anilines is 1. The van der Waals surface area contributed by atoms with Crippen LogP contribution in [0.2, 0.25) is 0 Å². The topological polar surface area (TPSA) is 86.3 Å². The molecule has 0 aliphatic rings. The van der Waals surface area contributed by atoms with Crippen LogP contribution in [0.5, 0.6) is 0 Å². The van der Waals surface area contributed by atoms with E-state index in [4.69, 9.17) is 0 Å². The highest BCUT2D eigenvalue weighted by atomic mass is 32.2. The zero-order valence-corrected chi connectivity index (χ0v) is 14.0. The summed E-state index contributed by atoms with van der Waals surface area (Å²) in [4.78, 5) is 10.9. The van der Waals surface area contributed by atoms with E-state index in [1.54, 1.807) is 25.1 Å². The van der Waals surface area contributed by atoms with Gasteiger partial charge in [-0.1, -0.05) is 38.1 Å². The normalized spacial score (nSPS) is 11.5. The molecule has 0 saturated carbocycles. The van der Waals surface area contributed by atoms with E-state index in [9.17, 15) is 18.3 Å². The second-order valence-corrected chi connectivity index (χ2v) is 7.30. The van der Waals surface area contributed by atoms with Crippen molar-refractivity contribution in [2.75, 3.05) is 4.72 Å². The Hall–Kier alpha value is -2.34. The van der Waals surface area contributed by atoms with Crippen molar-refractivity contribution < 1.29 is 18.3 Å². The van der Waals surface area contributed by atoms with Gasteiger partial charge < -0.3 is 9.90 Å². The van der Waals surface area contributed by atoms with Gasteiger partial charge in [0.2, 0.25) is 0 Å². The first-order chi connectivity index (χ1) is 10.7. The van der Waals surface area contributed by atoms with Crippen LogP contribution in [0.25, 0.3) is 0 Å². The molecule has 0 fully saturated rings. The minimum absolute atomic E-state index is 0.0749.